The van der Waals surface area contributed by atoms with E-state index in [2.05, 4.69) is 9.88 Å². The lowest BCUT2D eigenvalue weighted by Crippen LogP contribution is -2.49. The molecule has 0 aliphatic carbocycles. The van der Waals surface area contributed by atoms with Crippen LogP contribution in [0, 0.1) is 6.92 Å². The maximum atomic E-state index is 12.9. The zero-order valence-electron chi connectivity index (χ0n) is 16.9. The van der Waals surface area contributed by atoms with Crippen molar-refractivity contribution in [3.05, 3.63) is 92.7 Å². The normalized spacial score (nSPS) is 14.7. The molecule has 0 spiro atoms. The van der Waals surface area contributed by atoms with Gasteiger partial charge < -0.3 is 9.88 Å². The molecule has 154 valence electrons. The topological polar surface area (TPSA) is 56.4 Å². The smallest absolute Gasteiger partial charge is 0.261 e. The quantitative estimate of drug-likeness (QED) is 0.693. The van der Waals surface area contributed by atoms with E-state index < -0.39 is 0 Å². The SMILES string of the molecule is Cc1cccc(-c2ccc(C(=O)N3CCN(Cc4ccc(Cl)cc4)CC3)c(=O)[nH]2)c1. The number of aromatic amines is 1. The van der Waals surface area contributed by atoms with Crippen LogP contribution in [0.3, 0.4) is 0 Å². The van der Waals surface area contributed by atoms with E-state index in [1.54, 1.807) is 17.0 Å². The first-order chi connectivity index (χ1) is 14.5. The lowest BCUT2D eigenvalue weighted by molar-refractivity contribution is 0.0626. The molecular weight excluding hydrogens is 398 g/mol. The van der Waals surface area contributed by atoms with Gasteiger partial charge in [0.15, 0.2) is 0 Å². The van der Waals surface area contributed by atoms with E-state index in [9.17, 15) is 9.59 Å². The highest BCUT2D eigenvalue weighted by Crippen LogP contribution is 2.18. The van der Waals surface area contributed by atoms with Gasteiger partial charge >= 0.3 is 0 Å². The van der Waals surface area contributed by atoms with E-state index in [4.69, 9.17) is 11.6 Å². The van der Waals surface area contributed by atoms with Gasteiger partial charge in [-0.1, -0.05) is 47.5 Å². The maximum absolute atomic E-state index is 12.9. The molecule has 3 aromatic rings. The van der Waals surface area contributed by atoms with Crippen molar-refractivity contribution in [2.24, 2.45) is 0 Å². The number of amides is 1. The van der Waals surface area contributed by atoms with Crippen LogP contribution in [0.2, 0.25) is 5.02 Å². The minimum absolute atomic E-state index is 0.192. The van der Waals surface area contributed by atoms with Crippen molar-refractivity contribution < 1.29 is 4.79 Å². The zero-order valence-corrected chi connectivity index (χ0v) is 17.7. The fourth-order valence-corrected chi connectivity index (χ4v) is 3.88. The summed E-state index contributed by atoms with van der Waals surface area (Å²) in [6.07, 6.45) is 0. The molecule has 0 radical (unpaired) electrons. The van der Waals surface area contributed by atoms with Crippen LogP contribution in [0.15, 0.2) is 65.5 Å². The molecule has 0 atom stereocenters. The highest BCUT2D eigenvalue weighted by atomic mass is 35.5. The Balaban J connectivity index is 1.40. The summed E-state index contributed by atoms with van der Waals surface area (Å²) in [4.78, 5) is 32.4. The Morgan fingerprint density at radius 3 is 2.40 bits per heavy atom. The third-order valence-electron chi connectivity index (χ3n) is 5.45. The van der Waals surface area contributed by atoms with Crippen molar-refractivity contribution in [2.75, 3.05) is 26.2 Å². The Morgan fingerprint density at radius 1 is 1.00 bits per heavy atom. The highest BCUT2D eigenvalue weighted by molar-refractivity contribution is 6.30. The van der Waals surface area contributed by atoms with E-state index >= 15 is 0 Å². The Bertz CT molecular complexity index is 1100. The molecule has 0 saturated carbocycles. The molecule has 0 bridgehead atoms. The average Bonchev–Trinajstić information content (AvgIpc) is 2.75. The summed E-state index contributed by atoms with van der Waals surface area (Å²) in [6.45, 7) is 5.58. The highest BCUT2D eigenvalue weighted by Gasteiger charge is 2.24. The van der Waals surface area contributed by atoms with Crippen LogP contribution in [0.1, 0.15) is 21.5 Å². The third-order valence-corrected chi connectivity index (χ3v) is 5.70. The van der Waals surface area contributed by atoms with Gasteiger partial charge in [0.1, 0.15) is 5.56 Å². The average molecular weight is 422 g/mol. The Labute approximate surface area is 180 Å². The molecule has 1 aromatic heterocycles. The van der Waals surface area contributed by atoms with Crippen molar-refractivity contribution in [1.82, 2.24) is 14.8 Å². The molecule has 2 heterocycles. The first-order valence-electron chi connectivity index (χ1n) is 10.1. The van der Waals surface area contributed by atoms with Gasteiger partial charge in [-0.05, 0) is 48.4 Å². The summed E-state index contributed by atoms with van der Waals surface area (Å²) in [5, 5.41) is 0.729. The van der Waals surface area contributed by atoms with Gasteiger partial charge in [-0.2, -0.15) is 0 Å². The predicted molar refractivity (Wildman–Crippen MR) is 120 cm³/mol. The number of hydrogen-bond donors (Lipinski definition) is 1. The van der Waals surface area contributed by atoms with Crippen molar-refractivity contribution in [3.63, 3.8) is 0 Å². The minimum atomic E-state index is -0.345. The predicted octanol–water partition coefficient (Wildman–Crippen LogP) is 3.96. The number of carbonyl (C=O) groups is 1. The maximum Gasteiger partial charge on any atom is 0.261 e. The number of nitrogens with one attached hydrogen (secondary N) is 1. The fraction of sp³-hybridized carbons (Fsp3) is 0.250. The molecule has 2 aromatic carbocycles. The molecule has 0 unspecified atom stereocenters. The summed E-state index contributed by atoms with van der Waals surface area (Å²) in [7, 11) is 0. The van der Waals surface area contributed by atoms with E-state index in [1.807, 2.05) is 55.5 Å². The van der Waals surface area contributed by atoms with Gasteiger partial charge in [0.05, 0.1) is 0 Å². The Hall–Kier alpha value is -2.89. The van der Waals surface area contributed by atoms with Crippen molar-refractivity contribution in [2.45, 2.75) is 13.5 Å². The second kappa shape index (κ2) is 8.86. The van der Waals surface area contributed by atoms with Crippen LogP contribution >= 0.6 is 11.6 Å². The van der Waals surface area contributed by atoms with E-state index in [0.29, 0.717) is 18.8 Å². The Morgan fingerprint density at radius 2 is 1.73 bits per heavy atom. The van der Waals surface area contributed by atoms with Gasteiger partial charge in [-0.25, -0.2) is 0 Å². The lowest BCUT2D eigenvalue weighted by atomic mass is 10.1. The largest absolute Gasteiger partial charge is 0.336 e. The van der Waals surface area contributed by atoms with Crippen LogP contribution < -0.4 is 5.56 Å². The van der Waals surface area contributed by atoms with Gasteiger partial charge in [-0.3, -0.25) is 14.5 Å². The monoisotopic (exact) mass is 421 g/mol. The molecule has 4 rings (SSSR count). The Kier molecular flexibility index (Phi) is 6.02. The van der Waals surface area contributed by atoms with Crippen LogP contribution in [-0.4, -0.2) is 46.9 Å². The van der Waals surface area contributed by atoms with Gasteiger partial charge in [-0.15, -0.1) is 0 Å². The summed E-state index contributed by atoms with van der Waals surface area (Å²) in [6, 6.07) is 19.2. The molecule has 1 saturated heterocycles. The number of carbonyl (C=O) groups excluding carboxylic acids is 1. The van der Waals surface area contributed by atoms with Crippen molar-refractivity contribution in [3.8, 4) is 11.3 Å². The second-order valence-corrected chi connectivity index (χ2v) is 8.12. The third kappa shape index (κ3) is 4.64. The van der Waals surface area contributed by atoms with Crippen LogP contribution in [0.4, 0.5) is 0 Å². The molecule has 1 fully saturated rings. The van der Waals surface area contributed by atoms with Crippen molar-refractivity contribution in [1.29, 1.82) is 0 Å². The summed E-state index contributed by atoms with van der Waals surface area (Å²) < 4.78 is 0. The van der Waals surface area contributed by atoms with E-state index in [0.717, 1.165) is 35.8 Å². The number of aromatic nitrogens is 1. The molecule has 6 heteroatoms. The molecule has 30 heavy (non-hydrogen) atoms. The first-order valence-corrected chi connectivity index (χ1v) is 10.4. The number of H-pyrrole nitrogens is 1. The van der Waals surface area contributed by atoms with E-state index in [1.165, 1.54) is 5.56 Å². The van der Waals surface area contributed by atoms with Crippen LogP contribution in [0.25, 0.3) is 11.3 Å². The van der Waals surface area contributed by atoms with Gasteiger partial charge in [0.2, 0.25) is 0 Å². The second-order valence-electron chi connectivity index (χ2n) is 7.68. The summed E-state index contributed by atoms with van der Waals surface area (Å²) in [5.74, 6) is -0.210. The number of benzene rings is 2. The number of halogens is 1. The number of piperazine rings is 1. The lowest BCUT2D eigenvalue weighted by Gasteiger charge is -2.34. The zero-order chi connectivity index (χ0) is 21.1. The molecule has 1 N–H and O–H groups in total. The fourth-order valence-electron chi connectivity index (χ4n) is 3.75. The summed E-state index contributed by atoms with van der Waals surface area (Å²) >= 11 is 5.94. The minimum Gasteiger partial charge on any atom is -0.336 e. The van der Waals surface area contributed by atoms with Crippen molar-refractivity contribution >= 4 is 17.5 Å². The number of nitrogens with zero attached hydrogens (tertiary/aromatic N) is 2. The van der Waals surface area contributed by atoms with Gasteiger partial charge in [0.25, 0.3) is 11.5 Å². The molecular formula is C24H24ClN3O2. The number of aryl methyl sites for hydroxylation is 1. The first kappa shape index (κ1) is 20.4. The molecule has 1 amide bonds. The molecule has 1 aliphatic heterocycles. The molecule has 5 nitrogen and oxygen atoms in total. The molecule has 1 aliphatic rings. The van der Waals surface area contributed by atoms with E-state index in [-0.39, 0.29) is 17.0 Å². The number of hydrogen-bond acceptors (Lipinski definition) is 3. The van der Waals surface area contributed by atoms with Crippen LogP contribution in [0.5, 0.6) is 0 Å². The van der Waals surface area contributed by atoms with Gasteiger partial charge in [0, 0.05) is 43.4 Å². The number of pyridine rings is 1. The standard InChI is InChI=1S/C24H24ClN3O2/c1-17-3-2-4-19(15-17)22-10-9-21(23(29)26-22)24(30)28-13-11-27(12-14-28)16-18-5-7-20(25)8-6-18/h2-10,15H,11-14,16H2,1H3,(H,26,29). The summed E-state index contributed by atoms with van der Waals surface area (Å²) in [5.41, 5.74) is 3.81. The number of rotatable bonds is 4. The van der Waals surface area contributed by atoms with Crippen LogP contribution in [-0.2, 0) is 6.54 Å².